The summed E-state index contributed by atoms with van der Waals surface area (Å²) in [6.07, 6.45) is 6.93. The van der Waals surface area contributed by atoms with Crippen molar-refractivity contribution in [2.75, 3.05) is 0 Å². The van der Waals surface area contributed by atoms with Gasteiger partial charge in [0, 0.05) is 0 Å². The molecule has 0 bridgehead atoms. The minimum atomic E-state index is -11.1. The van der Waals surface area contributed by atoms with Gasteiger partial charge < -0.3 is 0 Å². The Labute approximate surface area is 188 Å². The Balaban J connectivity index is 0.000000360. The Bertz CT molecular complexity index is 933. The van der Waals surface area contributed by atoms with Crippen molar-refractivity contribution >= 4 is 25.1 Å². The second-order valence-electron chi connectivity index (χ2n) is 7.79. The molecule has 174 valence electrons. The molecule has 8 heteroatoms. The van der Waals surface area contributed by atoms with Crippen molar-refractivity contribution in [2.24, 2.45) is 0 Å². The van der Waals surface area contributed by atoms with Gasteiger partial charge in [-0.3, -0.25) is 0 Å². The van der Waals surface area contributed by atoms with E-state index in [-0.39, 0.29) is 10.9 Å². The fraction of sp³-hybridized carbons (Fsp3) is 0.250. The van der Waals surface area contributed by atoms with Gasteiger partial charge in [-0.25, -0.2) is 0 Å². The van der Waals surface area contributed by atoms with Crippen LogP contribution in [0, 0.1) is 0 Å². The topological polar surface area (TPSA) is 0 Å². The van der Waals surface area contributed by atoms with Crippen LogP contribution in [0.1, 0.15) is 43.6 Å². The standard InChI is InChI=1S/C24H25S.AsF6/c1-4-10-20(11-5-1)21-16-18-24(19-17-21)25(22-12-6-2-7-13-22)23-14-8-3-9-15-23;2-1(3,4,5,6)7/h2-3,6-9,12-20H,1,4-5,10-11H2;/q+1;-1. The van der Waals surface area contributed by atoms with Gasteiger partial charge in [-0.1, -0.05) is 67.8 Å². The maximum absolute atomic E-state index is 11.1. The van der Waals surface area contributed by atoms with E-state index in [1.807, 2.05) is 0 Å². The molecule has 0 unspecified atom stereocenters. The average molecular weight is 534 g/mol. The quantitative estimate of drug-likeness (QED) is 0.178. The van der Waals surface area contributed by atoms with Gasteiger partial charge in [0.25, 0.3) is 0 Å². The Morgan fingerprint density at radius 1 is 0.531 bits per heavy atom. The van der Waals surface area contributed by atoms with Crippen molar-refractivity contribution in [3.63, 3.8) is 0 Å². The van der Waals surface area contributed by atoms with Gasteiger partial charge >= 0.3 is 35.0 Å². The van der Waals surface area contributed by atoms with Crippen LogP contribution in [0.25, 0.3) is 0 Å². The first-order valence-corrected chi connectivity index (χ1v) is 15.9. The van der Waals surface area contributed by atoms with E-state index >= 15 is 0 Å². The maximum Gasteiger partial charge on any atom is 0.166 e. The summed E-state index contributed by atoms with van der Waals surface area (Å²) in [7, 11) is -0.0278. The minimum absolute atomic E-state index is 0.0278. The zero-order valence-electron chi connectivity index (χ0n) is 17.3. The molecule has 0 N–H and O–H groups in total. The van der Waals surface area contributed by atoms with Gasteiger partial charge in [-0.15, -0.1) is 0 Å². The smallest absolute Gasteiger partial charge is 0.0619 e. The molecule has 0 nitrogen and oxygen atoms in total. The van der Waals surface area contributed by atoms with Gasteiger partial charge in [0.15, 0.2) is 14.7 Å². The first kappa shape index (κ1) is 24.8. The van der Waals surface area contributed by atoms with E-state index in [4.69, 9.17) is 0 Å². The van der Waals surface area contributed by atoms with Crippen LogP contribution in [-0.4, -0.2) is 14.2 Å². The van der Waals surface area contributed by atoms with Gasteiger partial charge in [0.2, 0.25) is 0 Å². The van der Waals surface area contributed by atoms with Gasteiger partial charge in [0.05, 0.1) is 10.9 Å². The summed E-state index contributed by atoms with van der Waals surface area (Å²) < 4.78 is 59.4. The molecule has 0 aromatic heterocycles. The van der Waals surface area contributed by atoms with Crippen LogP contribution >= 0.6 is 0 Å². The third kappa shape index (κ3) is 8.95. The summed E-state index contributed by atoms with van der Waals surface area (Å²) in [5.41, 5.74) is 1.54. The molecule has 0 spiro atoms. The molecule has 0 saturated heterocycles. The van der Waals surface area contributed by atoms with Crippen molar-refractivity contribution in [2.45, 2.75) is 52.7 Å². The molecule has 0 radical (unpaired) electrons. The van der Waals surface area contributed by atoms with Crippen LogP contribution in [0.3, 0.4) is 0 Å². The molecule has 1 aliphatic rings. The molecule has 0 heterocycles. The molecule has 32 heavy (non-hydrogen) atoms. The average Bonchev–Trinajstić information content (AvgIpc) is 2.74. The number of hydrogen-bond donors (Lipinski definition) is 0. The largest absolute Gasteiger partial charge is 0.166 e. The predicted octanol–water partition coefficient (Wildman–Crippen LogP) is 8.97. The molecule has 1 saturated carbocycles. The van der Waals surface area contributed by atoms with Crippen molar-refractivity contribution < 1.29 is 20.8 Å². The second-order valence-corrected chi connectivity index (χ2v) is 13.8. The van der Waals surface area contributed by atoms with Gasteiger partial charge in [-0.05, 0) is 60.7 Å². The second kappa shape index (κ2) is 9.18. The zero-order valence-corrected chi connectivity index (χ0v) is 20.0. The van der Waals surface area contributed by atoms with E-state index < -0.39 is 14.2 Å². The fourth-order valence-corrected chi connectivity index (χ4v) is 5.92. The Morgan fingerprint density at radius 2 is 0.906 bits per heavy atom. The van der Waals surface area contributed by atoms with E-state index in [0.29, 0.717) is 0 Å². The third-order valence-electron chi connectivity index (χ3n) is 5.15. The molecule has 1 aliphatic carbocycles. The van der Waals surface area contributed by atoms with Crippen molar-refractivity contribution in [3.05, 3.63) is 90.5 Å². The first-order valence-electron chi connectivity index (χ1n) is 10.4. The number of halogens is 6. The Hall–Kier alpha value is -1.85. The van der Waals surface area contributed by atoms with E-state index in [9.17, 15) is 20.8 Å². The molecule has 4 rings (SSSR count). The van der Waals surface area contributed by atoms with Crippen LogP contribution in [-0.2, 0) is 10.9 Å². The van der Waals surface area contributed by atoms with Crippen LogP contribution in [0.4, 0.5) is 20.8 Å². The third-order valence-corrected chi connectivity index (χ3v) is 7.38. The van der Waals surface area contributed by atoms with E-state index in [0.717, 1.165) is 5.92 Å². The molecule has 1 fully saturated rings. The van der Waals surface area contributed by atoms with Crippen LogP contribution in [0.2, 0.25) is 0 Å². The van der Waals surface area contributed by atoms with Crippen LogP contribution in [0.5, 0.6) is 0 Å². The van der Waals surface area contributed by atoms with Gasteiger partial charge in [0.1, 0.15) is 0 Å². The van der Waals surface area contributed by atoms with Crippen molar-refractivity contribution in [1.82, 2.24) is 0 Å². The van der Waals surface area contributed by atoms with E-state index in [1.54, 1.807) is 0 Å². The van der Waals surface area contributed by atoms with Crippen LogP contribution in [0.15, 0.2) is 99.6 Å². The number of rotatable bonds is 4. The SMILES string of the molecule is F[As-](F)(F)(F)(F)F.c1ccc([S+](c2ccccc2)c2ccc(C3CCCCC3)cc2)cc1. The fourth-order valence-electron chi connectivity index (χ4n) is 3.83. The maximum atomic E-state index is 9.91. The molecule has 0 amide bonds. The normalized spacial score (nSPS) is 17.1. The van der Waals surface area contributed by atoms with E-state index in [1.165, 1.54) is 52.4 Å². The van der Waals surface area contributed by atoms with Crippen molar-refractivity contribution in [1.29, 1.82) is 0 Å². The Kier molecular flexibility index (Phi) is 7.11. The summed E-state index contributed by atoms with van der Waals surface area (Å²) in [5.74, 6) is 0.776. The Morgan fingerprint density at radius 3 is 1.31 bits per heavy atom. The summed E-state index contributed by atoms with van der Waals surface area (Å²) in [6.45, 7) is 0. The summed E-state index contributed by atoms with van der Waals surface area (Å²) in [6, 6.07) is 31.3. The zero-order chi connectivity index (χ0) is 23.3. The summed E-state index contributed by atoms with van der Waals surface area (Å²) >= 11 is -11.1. The van der Waals surface area contributed by atoms with Crippen molar-refractivity contribution in [3.8, 4) is 0 Å². The molecule has 3 aromatic carbocycles. The molecule has 0 atom stereocenters. The van der Waals surface area contributed by atoms with E-state index in [2.05, 4.69) is 84.9 Å². The molecule has 0 aliphatic heterocycles. The number of hydrogen-bond acceptors (Lipinski definition) is 0. The minimum Gasteiger partial charge on any atom is -0.0619 e. The summed E-state index contributed by atoms with van der Waals surface area (Å²) in [5, 5.41) is 0. The molecular weight excluding hydrogens is 509 g/mol. The first-order chi connectivity index (χ1) is 14.9. The monoisotopic (exact) mass is 534 g/mol. The predicted molar refractivity (Wildman–Crippen MR) is 120 cm³/mol. The summed E-state index contributed by atoms with van der Waals surface area (Å²) in [4.78, 5) is 4.19. The number of benzene rings is 3. The molecule has 3 aromatic rings. The molecular formula is C24H25AsF6S. The van der Waals surface area contributed by atoms with Crippen LogP contribution < -0.4 is 0 Å². The van der Waals surface area contributed by atoms with Gasteiger partial charge in [-0.2, -0.15) is 0 Å².